The van der Waals surface area contributed by atoms with Crippen molar-refractivity contribution in [2.75, 3.05) is 0 Å². The second-order valence-corrected chi connectivity index (χ2v) is 3.52. The zero-order valence-electron chi connectivity index (χ0n) is 8.40. The van der Waals surface area contributed by atoms with Gasteiger partial charge in [0.2, 0.25) is 0 Å². The second-order valence-electron chi connectivity index (χ2n) is 3.52. The molecule has 0 saturated carbocycles. The molecule has 4 heteroatoms. The van der Waals surface area contributed by atoms with Crippen LogP contribution in [0.15, 0.2) is 35.5 Å². The predicted molar refractivity (Wildman–Crippen MR) is 60.7 cm³/mol. The van der Waals surface area contributed by atoms with E-state index in [2.05, 4.69) is 6.58 Å². The molecular formula is C11H11BO3. The van der Waals surface area contributed by atoms with Crippen LogP contribution in [0.5, 0.6) is 0 Å². The van der Waals surface area contributed by atoms with E-state index in [1.807, 2.05) is 19.1 Å². The van der Waals surface area contributed by atoms with Gasteiger partial charge in [0.15, 0.2) is 0 Å². The highest BCUT2D eigenvalue weighted by molar-refractivity contribution is 6.62. The van der Waals surface area contributed by atoms with E-state index in [0.717, 1.165) is 16.5 Å². The first-order valence-electron chi connectivity index (χ1n) is 4.63. The highest BCUT2D eigenvalue weighted by Crippen LogP contribution is 2.23. The van der Waals surface area contributed by atoms with Crippen molar-refractivity contribution in [2.24, 2.45) is 0 Å². The molecule has 0 atom stereocenters. The highest BCUT2D eigenvalue weighted by Gasteiger charge is 2.20. The van der Waals surface area contributed by atoms with E-state index in [4.69, 9.17) is 4.42 Å². The van der Waals surface area contributed by atoms with Crippen molar-refractivity contribution in [3.05, 3.63) is 36.6 Å². The molecule has 2 aromatic rings. The van der Waals surface area contributed by atoms with Crippen LogP contribution >= 0.6 is 0 Å². The van der Waals surface area contributed by atoms with Crippen LogP contribution < -0.4 is 5.46 Å². The maximum Gasteiger partial charge on any atom is 0.492 e. The summed E-state index contributed by atoms with van der Waals surface area (Å²) >= 11 is 0. The van der Waals surface area contributed by atoms with Crippen LogP contribution in [0.2, 0.25) is 0 Å². The minimum Gasteiger partial charge on any atom is -0.465 e. The van der Waals surface area contributed by atoms with Gasteiger partial charge in [-0.25, -0.2) is 0 Å². The Kier molecular flexibility index (Phi) is 2.38. The molecule has 0 bridgehead atoms. The van der Waals surface area contributed by atoms with Gasteiger partial charge in [-0.1, -0.05) is 24.3 Å². The van der Waals surface area contributed by atoms with Crippen molar-refractivity contribution in [1.82, 2.24) is 0 Å². The quantitative estimate of drug-likeness (QED) is 0.718. The van der Waals surface area contributed by atoms with Gasteiger partial charge in [-0.05, 0) is 18.6 Å². The normalized spacial score (nSPS) is 10.6. The summed E-state index contributed by atoms with van der Waals surface area (Å²) in [6.07, 6.45) is 1.36. The molecule has 0 aliphatic rings. The number of hydrogen-bond acceptors (Lipinski definition) is 3. The van der Waals surface area contributed by atoms with Crippen molar-refractivity contribution in [2.45, 2.75) is 6.92 Å². The molecule has 2 N–H and O–H groups in total. The summed E-state index contributed by atoms with van der Waals surface area (Å²) in [6.45, 7) is 5.72. The number of hydrogen-bond donors (Lipinski definition) is 2. The van der Waals surface area contributed by atoms with Gasteiger partial charge in [0.05, 0.1) is 6.26 Å². The first-order valence-corrected chi connectivity index (χ1v) is 4.63. The molecule has 0 saturated heterocycles. The third-order valence-electron chi connectivity index (χ3n) is 2.37. The maximum absolute atomic E-state index is 9.18. The Morgan fingerprint density at radius 2 is 2.13 bits per heavy atom. The summed E-state index contributed by atoms with van der Waals surface area (Å²) in [5, 5.41) is 19.1. The van der Waals surface area contributed by atoms with E-state index in [9.17, 15) is 10.0 Å². The lowest BCUT2D eigenvalue weighted by molar-refractivity contribution is 0.425. The van der Waals surface area contributed by atoms with E-state index >= 15 is 0 Å². The van der Waals surface area contributed by atoms with Gasteiger partial charge in [0.1, 0.15) is 5.58 Å². The molecule has 1 aromatic heterocycles. The van der Waals surface area contributed by atoms with Gasteiger partial charge in [0.25, 0.3) is 0 Å². The summed E-state index contributed by atoms with van der Waals surface area (Å²) in [4.78, 5) is 0. The molecule has 2 rings (SSSR count). The Morgan fingerprint density at radius 1 is 1.40 bits per heavy atom. The molecule has 0 radical (unpaired) electrons. The molecule has 15 heavy (non-hydrogen) atoms. The molecule has 0 spiro atoms. The molecule has 1 heterocycles. The van der Waals surface area contributed by atoms with Crippen LogP contribution in [0.1, 0.15) is 12.5 Å². The molecule has 1 aromatic carbocycles. The van der Waals surface area contributed by atoms with Crippen LogP contribution in [0.25, 0.3) is 16.5 Å². The predicted octanol–water partition coefficient (Wildman–Crippen LogP) is 1.15. The monoisotopic (exact) mass is 202 g/mol. The van der Waals surface area contributed by atoms with Crippen molar-refractivity contribution in [3.8, 4) is 0 Å². The van der Waals surface area contributed by atoms with Crippen molar-refractivity contribution in [3.63, 3.8) is 0 Å². The summed E-state index contributed by atoms with van der Waals surface area (Å²) < 4.78 is 5.24. The van der Waals surface area contributed by atoms with E-state index in [1.165, 1.54) is 6.26 Å². The number of furan rings is 1. The topological polar surface area (TPSA) is 53.6 Å². The SMILES string of the molecule is C=C(C)c1cccc2occ(B(O)O)c12. The summed E-state index contributed by atoms with van der Waals surface area (Å²) in [7, 11) is -1.52. The minimum atomic E-state index is -1.52. The molecular weight excluding hydrogens is 191 g/mol. The molecule has 3 nitrogen and oxygen atoms in total. The van der Waals surface area contributed by atoms with Crippen LogP contribution in [0, 0.1) is 0 Å². The Bertz CT molecular complexity index is 514. The molecule has 0 unspecified atom stereocenters. The number of allylic oxidation sites excluding steroid dienone is 1. The first kappa shape index (κ1) is 10.0. The maximum atomic E-state index is 9.18. The van der Waals surface area contributed by atoms with Crippen LogP contribution in [0.4, 0.5) is 0 Å². The van der Waals surface area contributed by atoms with Crippen molar-refractivity contribution >= 4 is 29.1 Å². The van der Waals surface area contributed by atoms with E-state index in [-0.39, 0.29) is 0 Å². The fourth-order valence-corrected chi connectivity index (χ4v) is 1.66. The molecule has 76 valence electrons. The largest absolute Gasteiger partial charge is 0.492 e. The molecule has 0 aliphatic heterocycles. The smallest absolute Gasteiger partial charge is 0.465 e. The fraction of sp³-hybridized carbons (Fsp3) is 0.0909. The number of rotatable bonds is 2. The number of fused-ring (bicyclic) bond motifs is 1. The average molecular weight is 202 g/mol. The summed E-state index contributed by atoms with van der Waals surface area (Å²) in [6, 6.07) is 5.52. The van der Waals surface area contributed by atoms with Gasteiger partial charge >= 0.3 is 7.12 Å². The lowest BCUT2D eigenvalue weighted by Gasteiger charge is -2.03. The zero-order chi connectivity index (χ0) is 11.0. The Morgan fingerprint density at radius 3 is 2.73 bits per heavy atom. The van der Waals surface area contributed by atoms with E-state index in [1.54, 1.807) is 6.07 Å². The standard InChI is InChI=1S/C11H11BO3/c1-7(2)8-4-3-5-10-11(8)9(6-15-10)12(13)14/h3-6,13-14H,1H2,2H3. The van der Waals surface area contributed by atoms with Gasteiger partial charge < -0.3 is 14.5 Å². The van der Waals surface area contributed by atoms with Gasteiger partial charge in [-0.2, -0.15) is 0 Å². The molecule has 0 amide bonds. The minimum absolute atomic E-state index is 0.378. The zero-order valence-corrected chi connectivity index (χ0v) is 8.40. The fourth-order valence-electron chi connectivity index (χ4n) is 1.66. The summed E-state index contributed by atoms with van der Waals surface area (Å²) in [5.74, 6) is 0. The second kappa shape index (κ2) is 3.57. The van der Waals surface area contributed by atoms with Crippen LogP contribution in [-0.4, -0.2) is 17.2 Å². The van der Waals surface area contributed by atoms with Crippen molar-refractivity contribution < 1.29 is 14.5 Å². The van der Waals surface area contributed by atoms with Crippen LogP contribution in [0.3, 0.4) is 0 Å². The third-order valence-corrected chi connectivity index (χ3v) is 2.37. The number of benzene rings is 1. The van der Waals surface area contributed by atoms with Crippen LogP contribution in [-0.2, 0) is 0 Å². The summed E-state index contributed by atoms with van der Waals surface area (Å²) in [5.41, 5.74) is 2.76. The molecule has 0 fully saturated rings. The lowest BCUT2D eigenvalue weighted by Crippen LogP contribution is -2.29. The Hall–Kier alpha value is -1.52. The van der Waals surface area contributed by atoms with Gasteiger partial charge in [-0.15, -0.1) is 0 Å². The Balaban J connectivity index is 2.80. The third kappa shape index (κ3) is 1.58. The average Bonchev–Trinajstić information content (AvgIpc) is 2.60. The van der Waals surface area contributed by atoms with E-state index < -0.39 is 7.12 Å². The lowest BCUT2D eigenvalue weighted by atomic mass is 9.78. The Labute approximate surface area is 87.8 Å². The first-order chi connectivity index (χ1) is 7.11. The van der Waals surface area contributed by atoms with Crippen molar-refractivity contribution in [1.29, 1.82) is 0 Å². The van der Waals surface area contributed by atoms with E-state index in [0.29, 0.717) is 11.0 Å². The highest BCUT2D eigenvalue weighted by atomic mass is 16.4. The van der Waals surface area contributed by atoms with Gasteiger partial charge in [0, 0.05) is 10.8 Å². The molecule has 0 aliphatic carbocycles. The van der Waals surface area contributed by atoms with Gasteiger partial charge in [-0.3, -0.25) is 0 Å².